The minimum atomic E-state index is -2.35. The normalized spacial score (nSPS) is 28.2. The molecular formula is C14H15ClFNO4. The zero-order valence-corrected chi connectivity index (χ0v) is 12.3. The van der Waals surface area contributed by atoms with Crippen LogP contribution in [0.2, 0.25) is 5.02 Å². The van der Waals surface area contributed by atoms with Crippen molar-refractivity contribution in [1.29, 1.82) is 0 Å². The number of hydrogen-bond donors (Lipinski definition) is 1. The van der Waals surface area contributed by atoms with Crippen molar-refractivity contribution < 1.29 is 23.5 Å². The molecule has 7 heteroatoms. The number of halogens is 2. The lowest BCUT2D eigenvalue weighted by Crippen LogP contribution is -2.40. The monoisotopic (exact) mass is 315 g/mol. The summed E-state index contributed by atoms with van der Waals surface area (Å²) in [4.78, 5) is 23.4. The van der Waals surface area contributed by atoms with Gasteiger partial charge in [-0.3, -0.25) is 10.1 Å². The molecule has 0 aromatic heterocycles. The number of esters is 2. The highest BCUT2D eigenvalue weighted by Gasteiger charge is 2.57. The van der Waals surface area contributed by atoms with Crippen LogP contribution in [0.25, 0.3) is 0 Å². The molecule has 2 rings (SSSR count). The van der Waals surface area contributed by atoms with Gasteiger partial charge < -0.3 is 9.47 Å². The van der Waals surface area contributed by atoms with Gasteiger partial charge in [-0.25, -0.2) is 9.18 Å². The largest absolute Gasteiger partial charge is 0.468 e. The topological polar surface area (TPSA) is 64.6 Å². The van der Waals surface area contributed by atoms with Gasteiger partial charge in [0.1, 0.15) is 6.04 Å². The Labute approximate surface area is 126 Å². The second-order valence-corrected chi connectivity index (χ2v) is 5.22. The highest BCUT2D eigenvalue weighted by molar-refractivity contribution is 6.30. The Kier molecular flexibility index (Phi) is 4.49. The van der Waals surface area contributed by atoms with Gasteiger partial charge in [-0.05, 0) is 17.7 Å². The summed E-state index contributed by atoms with van der Waals surface area (Å²) in [5, 5.41) is 3.28. The number of alkyl halides is 1. The highest BCUT2D eigenvalue weighted by Crippen LogP contribution is 2.41. The number of hydrogen-bond acceptors (Lipinski definition) is 5. The minimum Gasteiger partial charge on any atom is -0.468 e. The molecule has 0 unspecified atom stereocenters. The molecule has 0 bridgehead atoms. The van der Waals surface area contributed by atoms with Crippen LogP contribution < -0.4 is 5.32 Å². The van der Waals surface area contributed by atoms with E-state index in [1.165, 1.54) is 7.11 Å². The van der Waals surface area contributed by atoms with E-state index < -0.39 is 29.7 Å². The zero-order valence-electron chi connectivity index (χ0n) is 11.6. The first-order valence-corrected chi connectivity index (χ1v) is 6.67. The maximum absolute atomic E-state index is 15.1. The maximum Gasteiger partial charge on any atom is 0.345 e. The van der Waals surface area contributed by atoms with Crippen LogP contribution in [-0.4, -0.2) is 37.9 Å². The van der Waals surface area contributed by atoms with Crippen LogP contribution in [0.4, 0.5) is 4.39 Å². The predicted octanol–water partition coefficient (Wildman–Crippen LogP) is 1.80. The first-order valence-electron chi connectivity index (χ1n) is 6.29. The van der Waals surface area contributed by atoms with E-state index in [2.05, 4.69) is 14.8 Å². The summed E-state index contributed by atoms with van der Waals surface area (Å²) in [5.74, 6) is -1.65. The lowest BCUT2D eigenvalue weighted by Gasteiger charge is -2.24. The Morgan fingerprint density at radius 2 is 1.90 bits per heavy atom. The van der Waals surface area contributed by atoms with E-state index in [-0.39, 0.29) is 6.42 Å². The third-order valence-corrected chi connectivity index (χ3v) is 3.79. The predicted molar refractivity (Wildman–Crippen MR) is 73.6 cm³/mol. The van der Waals surface area contributed by atoms with Gasteiger partial charge in [0.2, 0.25) is 5.67 Å². The molecule has 1 saturated heterocycles. The van der Waals surface area contributed by atoms with Gasteiger partial charge in [0, 0.05) is 11.4 Å². The van der Waals surface area contributed by atoms with Gasteiger partial charge >= 0.3 is 11.9 Å². The van der Waals surface area contributed by atoms with Crippen LogP contribution in [0, 0.1) is 0 Å². The standard InChI is InChI=1S/C14H15ClFNO4/c1-20-12(18)10-7-14(16,13(19)21-2)11(17-10)8-3-5-9(15)6-4-8/h3-6,10-11,17H,7H2,1-2H3/t10-,11-,14+/m1/s1. The molecule has 0 radical (unpaired) electrons. The Hall–Kier alpha value is -1.66. The van der Waals surface area contributed by atoms with Crippen LogP contribution in [-0.2, 0) is 19.1 Å². The highest BCUT2D eigenvalue weighted by atomic mass is 35.5. The second-order valence-electron chi connectivity index (χ2n) is 4.79. The average molecular weight is 316 g/mol. The quantitative estimate of drug-likeness (QED) is 0.862. The van der Waals surface area contributed by atoms with E-state index in [4.69, 9.17) is 11.6 Å². The van der Waals surface area contributed by atoms with Crippen LogP contribution in [0.3, 0.4) is 0 Å². The van der Waals surface area contributed by atoms with E-state index in [9.17, 15) is 9.59 Å². The third kappa shape index (κ3) is 2.87. The van der Waals surface area contributed by atoms with Gasteiger partial charge in [-0.1, -0.05) is 23.7 Å². The first-order chi connectivity index (χ1) is 9.92. The number of benzene rings is 1. The van der Waals surface area contributed by atoms with Crippen molar-refractivity contribution in [2.75, 3.05) is 14.2 Å². The van der Waals surface area contributed by atoms with Gasteiger partial charge in [0.25, 0.3) is 0 Å². The fourth-order valence-corrected chi connectivity index (χ4v) is 2.61. The molecule has 1 N–H and O–H groups in total. The van der Waals surface area contributed by atoms with E-state index in [0.717, 1.165) is 7.11 Å². The van der Waals surface area contributed by atoms with Gasteiger partial charge in [-0.15, -0.1) is 0 Å². The number of ether oxygens (including phenoxy) is 2. The van der Waals surface area contributed by atoms with Crippen molar-refractivity contribution in [3.8, 4) is 0 Å². The molecule has 1 aliphatic heterocycles. The Balaban J connectivity index is 2.37. The summed E-state index contributed by atoms with van der Waals surface area (Å²) >= 11 is 5.80. The molecule has 3 atom stereocenters. The molecule has 21 heavy (non-hydrogen) atoms. The van der Waals surface area contributed by atoms with E-state index >= 15 is 4.39 Å². The van der Waals surface area contributed by atoms with Crippen molar-refractivity contribution in [2.45, 2.75) is 24.2 Å². The maximum atomic E-state index is 15.1. The average Bonchev–Trinajstić information content (AvgIpc) is 2.85. The van der Waals surface area contributed by atoms with Crippen LogP contribution >= 0.6 is 11.6 Å². The van der Waals surface area contributed by atoms with Crippen molar-refractivity contribution in [2.24, 2.45) is 0 Å². The second kappa shape index (κ2) is 5.99. The van der Waals surface area contributed by atoms with Crippen molar-refractivity contribution in [1.82, 2.24) is 5.32 Å². The van der Waals surface area contributed by atoms with Crippen LogP contribution in [0.1, 0.15) is 18.0 Å². The van der Waals surface area contributed by atoms with Gasteiger partial charge in [-0.2, -0.15) is 0 Å². The van der Waals surface area contributed by atoms with E-state index in [0.29, 0.717) is 10.6 Å². The molecule has 1 aromatic carbocycles. The summed E-state index contributed by atoms with van der Waals surface area (Å²) in [6.45, 7) is 0. The van der Waals surface area contributed by atoms with Crippen LogP contribution in [0.5, 0.6) is 0 Å². The van der Waals surface area contributed by atoms with E-state index in [1.54, 1.807) is 24.3 Å². The minimum absolute atomic E-state index is 0.348. The smallest absolute Gasteiger partial charge is 0.345 e. The summed E-state index contributed by atoms with van der Waals surface area (Å²) in [6.07, 6.45) is -0.348. The molecule has 0 amide bonds. The Morgan fingerprint density at radius 3 is 2.43 bits per heavy atom. The van der Waals surface area contributed by atoms with Crippen LogP contribution in [0.15, 0.2) is 24.3 Å². The molecular weight excluding hydrogens is 301 g/mol. The fourth-order valence-electron chi connectivity index (χ4n) is 2.49. The summed E-state index contributed by atoms with van der Waals surface area (Å²) in [5.41, 5.74) is -1.85. The van der Waals surface area contributed by atoms with Crippen molar-refractivity contribution in [3.05, 3.63) is 34.9 Å². The number of rotatable bonds is 3. The number of carbonyl (C=O) groups is 2. The van der Waals surface area contributed by atoms with E-state index in [1.807, 2.05) is 0 Å². The molecule has 1 aliphatic rings. The lowest BCUT2D eigenvalue weighted by atomic mass is 9.90. The number of methoxy groups -OCH3 is 2. The van der Waals surface area contributed by atoms with Gasteiger partial charge in [0.15, 0.2) is 0 Å². The molecule has 5 nitrogen and oxygen atoms in total. The molecule has 0 saturated carbocycles. The lowest BCUT2D eigenvalue weighted by molar-refractivity contribution is -0.155. The SMILES string of the molecule is COC(=O)[C@H]1C[C@@](F)(C(=O)OC)[C@@H](c2ccc(Cl)cc2)N1. The molecule has 1 heterocycles. The summed E-state index contributed by atoms with van der Waals surface area (Å²) < 4.78 is 24.3. The number of nitrogens with one attached hydrogen (secondary N) is 1. The molecule has 114 valence electrons. The first kappa shape index (κ1) is 15.7. The zero-order chi connectivity index (χ0) is 15.6. The number of carbonyl (C=O) groups excluding carboxylic acids is 2. The van der Waals surface area contributed by atoms with Crippen molar-refractivity contribution in [3.63, 3.8) is 0 Å². The summed E-state index contributed by atoms with van der Waals surface area (Å²) in [7, 11) is 2.31. The third-order valence-electron chi connectivity index (χ3n) is 3.54. The molecule has 0 spiro atoms. The molecule has 0 aliphatic carbocycles. The molecule has 1 aromatic rings. The Morgan fingerprint density at radius 1 is 1.29 bits per heavy atom. The molecule has 1 fully saturated rings. The summed E-state index contributed by atoms with van der Waals surface area (Å²) in [6, 6.07) is 4.43. The van der Waals surface area contributed by atoms with Crippen molar-refractivity contribution >= 4 is 23.5 Å². The fraction of sp³-hybridized carbons (Fsp3) is 0.429. The van der Waals surface area contributed by atoms with Gasteiger partial charge in [0.05, 0.1) is 20.3 Å². The Bertz CT molecular complexity index is 550.